The van der Waals surface area contributed by atoms with E-state index in [1.54, 1.807) is 21.3 Å². The minimum Gasteiger partial charge on any atom is -0.493 e. The number of para-hydroxylation sites is 1. The monoisotopic (exact) mass is 401 g/mol. The maximum atomic E-state index is 5.56. The smallest absolute Gasteiger partial charge is 0.203 e. The number of nitrogens with zero attached hydrogens (tertiary/aromatic N) is 2. The zero-order valence-corrected chi connectivity index (χ0v) is 17.2. The average Bonchev–Trinajstić information content (AvgIpc) is 3.44. The maximum Gasteiger partial charge on any atom is 0.203 e. The second-order valence-electron chi connectivity index (χ2n) is 7.24. The summed E-state index contributed by atoms with van der Waals surface area (Å²) in [4.78, 5) is 8.56. The first-order chi connectivity index (χ1) is 14.7. The van der Waals surface area contributed by atoms with Crippen LogP contribution in [-0.4, -0.2) is 36.6 Å². The van der Waals surface area contributed by atoms with E-state index in [9.17, 15) is 0 Å². The SMILES string of the molecule is COc1cc(C2=NC(c3c[nH]c4ccccc34)Cn3cccc32)cc(OC)c1OC. The molecule has 1 unspecified atom stereocenters. The van der Waals surface area contributed by atoms with Crippen molar-refractivity contribution in [2.45, 2.75) is 12.6 Å². The Morgan fingerprint density at radius 2 is 1.73 bits per heavy atom. The molecule has 0 amide bonds. The van der Waals surface area contributed by atoms with Crippen LogP contribution in [0.25, 0.3) is 10.9 Å². The van der Waals surface area contributed by atoms with Crippen molar-refractivity contribution in [3.8, 4) is 17.2 Å². The van der Waals surface area contributed by atoms with Crippen molar-refractivity contribution in [2.24, 2.45) is 4.99 Å². The molecule has 1 aliphatic heterocycles. The molecular weight excluding hydrogens is 378 g/mol. The van der Waals surface area contributed by atoms with Crippen LogP contribution in [0, 0.1) is 0 Å². The van der Waals surface area contributed by atoms with Crippen molar-refractivity contribution in [3.63, 3.8) is 0 Å². The molecule has 0 saturated heterocycles. The number of hydrogen-bond donors (Lipinski definition) is 1. The van der Waals surface area contributed by atoms with Gasteiger partial charge in [-0.2, -0.15) is 0 Å². The van der Waals surface area contributed by atoms with Crippen LogP contribution in [0.3, 0.4) is 0 Å². The Balaban J connectivity index is 1.68. The molecule has 4 aromatic rings. The molecule has 0 bridgehead atoms. The zero-order valence-electron chi connectivity index (χ0n) is 17.2. The maximum absolute atomic E-state index is 5.56. The Hall–Kier alpha value is -3.67. The number of aromatic amines is 1. The van der Waals surface area contributed by atoms with Crippen LogP contribution in [0.4, 0.5) is 0 Å². The molecule has 5 rings (SSSR count). The Morgan fingerprint density at radius 1 is 0.967 bits per heavy atom. The number of ether oxygens (including phenoxy) is 3. The Morgan fingerprint density at radius 3 is 2.47 bits per heavy atom. The predicted molar refractivity (Wildman–Crippen MR) is 117 cm³/mol. The molecule has 0 aliphatic carbocycles. The third-order valence-corrected chi connectivity index (χ3v) is 5.65. The van der Waals surface area contributed by atoms with Crippen LogP contribution < -0.4 is 14.2 Å². The summed E-state index contributed by atoms with van der Waals surface area (Å²) in [6, 6.07) is 16.4. The van der Waals surface area contributed by atoms with Crippen molar-refractivity contribution < 1.29 is 14.2 Å². The first kappa shape index (κ1) is 18.4. The van der Waals surface area contributed by atoms with Crippen LogP contribution in [0.2, 0.25) is 0 Å². The second kappa shape index (κ2) is 7.30. The first-order valence-corrected chi connectivity index (χ1v) is 9.83. The minimum absolute atomic E-state index is 0.00450. The molecule has 0 radical (unpaired) electrons. The average molecular weight is 401 g/mol. The second-order valence-corrected chi connectivity index (χ2v) is 7.24. The number of aromatic nitrogens is 2. The van der Waals surface area contributed by atoms with Gasteiger partial charge in [0.05, 0.1) is 38.8 Å². The molecule has 30 heavy (non-hydrogen) atoms. The topological polar surface area (TPSA) is 60.8 Å². The molecule has 0 saturated carbocycles. The van der Waals surface area contributed by atoms with Gasteiger partial charge in [-0.3, -0.25) is 4.99 Å². The molecule has 0 spiro atoms. The largest absolute Gasteiger partial charge is 0.493 e. The first-order valence-electron chi connectivity index (χ1n) is 9.83. The van der Waals surface area contributed by atoms with Gasteiger partial charge >= 0.3 is 0 Å². The summed E-state index contributed by atoms with van der Waals surface area (Å²) < 4.78 is 18.9. The lowest BCUT2D eigenvalue weighted by Gasteiger charge is -2.24. The van der Waals surface area contributed by atoms with Crippen LogP contribution in [-0.2, 0) is 6.54 Å². The Bertz CT molecular complexity index is 1230. The number of rotatable bonds is 5. The van der Waals surface area contributed by atoms with Gasteiger partial charge in [-0.05, 0) is 30.3 Å². The molecule has 152 valence electrons. The van der Waals surface area contributed by atoms with Crippen molar-refractivity contribution in [1.82, 2.24) is 9.55 Å². The summed E-state index contributed by atoms with van der Waals surface area (Å²) in [6.45, 7) is 0.790. The molecule has 2 aromatic heterocycles. The van der Waals surface area contributed by atoms with Crippen LogP contribution >= 0.6 is 0 Å². The van der Waals surface area contributed by atoms with Gasteiger partial charge in [0.1, 0.15) is 0 Å². The number of hydrogen-bond acceptors (Lipinski definition) is 4. The number of nitrogens with one attached hydrogen (secondary N) is 1. The Kier molecular flexibility index (Phi) is 4.47. The fourth-order valence-electron chi connectivity index (χ4n) is 4.22. The molecular formula is C24H23N3O3. The van der Waals surface area contributed by atoms with Crippen molar-refractivity contribution in [2.75, 3.05) is 21.3 Å². The molecule has 1 atom stereocenters. The minimum atomic E-state index is -0.00450. The lowest BCUT2D eigenvalue weighted by Crippen LogP contribution is -2.21. The predicted octanol–water partition coefficient (Wildman–Crippen LogP) is 4.59. The summed E-state index contributed by atoms with van der Waals surface area (Å²) in [5.74, 6) is 1.80. The van der Waals surface area contributed by atoms with E-state index in [2.05, 4.69) is 52.3 Å². The number of H-pyrrole nitrogens is 1. The Labute approximate surface area is 174 Å². The molecule has 1 N–H and O–H groups in total. The quantitative estimate of drug-likeness (QED) is 0.532. The fraction of sp³-hybridized carbons (Fsp3) is 0.208. The van der Waals surface area contributed by atoms with Gasteiger partial charge in [0, 0.05) is 41.0 Å². The third kappa shape index (κ3) is 2.84. The molecule has 2 aromatic carbocycles. The van der Waals surface area contributed by atoms with Crippen LogP contribution in [0.5, 0.6) is 17.2 Å². The van der Waals surface area contributed by atoms with Gasteiger partial charge in [0.2, 0.25) is 5.75 Å². The molecule has 0 fully saturated rings. The number of methoxy groups -OCH3 is 3. The van der Waals surface area contributed by atoms with E-state index in [1.165, 1.54) is 10.9 Å². The van der Waals surface area contributed by atoms with Gasteiger partial charge in [-0.25, -0.2) is 0 Å². The van der Waals surface area contributed by atoms with Crippen LogP contribution in [0.1, 0.15) is 22.9 Å². The zero-order chi connectivity index (χ0) is 20.7. The van der Waals surface area contributed by atoms with E-state index in [4.69, 9.17) is 19.2 Å². The van der Waals surface area contributed by atoms with Gasteiger partial charge in [0.15, 0.2) is 11.5 Å². The lowest BCUT2D eigenvalue weighted by atomic mass is 10.00. The summed E-state index contributed by atoms with van der Waals surface area (Å²) >= 11 is 0. The van der Waals surface area contributed by atoms with E-state index >= 15 is 0 Å². The third-order valence-electron chi connectivity index (χ3n) is 5.65. The molecule has 3 heterocycles. The number of benzene rings is 2. The van der Waals surface area contributed by atoms with E-state index in [0.717, 1.165) is 29.0 Å². The van der Waals surface area contributed by atoms with E-state index in [-0.39, 0.29) is 6.04 Å². The summed E-state index contributed by atoms with van der Waals surface area (Å²) in [7, 11) is 4.86. The number of aliphatic imine (C=N–C) groups is 1. The normalized spacial score (nSPS) is 15.6. The van der Waals surface area contributed by atoms with E-state index in [1.807, 2.05) is 18.2 Å². The van der Waals surface area contributed by atoms with Gasteiger partial charge < -0.3 is 23.8 Å². The summed E-state index contributed by atoms with van der Waals surface area (Å²) in [6.07, 6.45) is 4.17. The lowest BCUT2D eigenvalue weighted by molar-refractivity contribution is 0.324. The van der Waals surface area contributed by atoms with Crippen molar-refractivity contribution in [3.05, 3.63) is 77.7 Å². The standard InChI is InChI=1S/C24H23N3O3/c1-28-21-11-15(12-22(29-2)24(21)30-3)23-20-9-6-10-27(20)14-19(26-23)17-13-25-18-8-5-4-7-16(17)18/h4-13,19,25H,14H2,1-3H3. The highest BCUT2D eigenvalue weighted by molar-refractivity contribution is 6.13. The van der Waals surface area contributed by atoms with Gasteiger partial charge in [0.25, 0.3) is 0 Å². The highest BCUT2D eigenvalue weighted by Gasteiger charge is 2.26. The summed E-state index contributed by atoms with van der Waals surface area (Å²) in [5.41, 5.74) is 5.21. The highest BCUT2D eigenvalue weighted by atomic mass is 16.5. The summed E-state index contributed by atoms with van der Waals surface area (Å²) in [5, 5.41) is 1.20. The molecule has 6 nitrogen and oxygen atoms in total. The van der Waals surface area contributed by atoms with Gasteiger partial charge in [-0.15, -0.1) is 0 Å². The van der Waals surface area contributed by atoms with Crippen LogP contribution in [0.15, 0.2) is 65.9 Å². The van der Waals surface area contributed by atoms with E-state index in [0.29, 0.717) is 17.2 Å². The fourth-order valence-corrected chi connectivity index (χ4v) is 4.22. The number of fused-ring (bicyclic) bond motifs is 2. The van der Waals surface area contributed by atoms with Crippen molar-refractivity contribution in [1.29, 1.82) is 0 Å². The van der Waals surface area contributed by atoms with Crippen molar-refractivity contribution >= 4 is 16.6 Å². The highest BCUT2D eigenvalue weighted by Crippen LogP contribution is 2.40. The molecule has 6 heteroatoms. The van der Waals surface area contributed by atoms with E-state index < -0.39 is 0 Å². The van der Waals surface area contributed by atoms with Gasteiger partial charge in [-0.1, -0.05) is 18.2 Å². The molecule has 1 aliphatic rings.